The molecule has 28 heavy (non-hydrogen) atoms. The molecule has 0 radical (unpaired) electrons. The Bertz CT molecular complexity index is 981. The first kappa shape index (κ1) is 20.3. The van der Waals surface area contributed by atoms with Gasteiger partial charge in [0.2, 0.25) is 0 Å². The Kier molecular flexibility index (Phi) is 6.03. The predicted octanol–water partition coefficient (Wildman–Crippen LogP) is 4.90. The molecule has 6 heteroatoms. The van der Waals surface area contributed by atoms with E-state index < -0.39 is 27.7 Å². The summed E-state index contributed by atoms with van der Waals surface area (Å²) >= 11 is -1.54. The molecule has 1 heterocycles. The zero-order valence-corrected chi connectivity index (χ0v) is 16.5. The van der Waals surface area contributed by atoms with Crippen molar-refractivity contribution in [3.05, 3.63) is 89.8 Å². The van der Waals surface area contributed by atoms with Gasteiger partial charge in [0.1, 0.15) is 11.6 Å². The molecule has 0 saturated heterocycles. The van der Waals surface area contributed by atoms with Gasteiger partial charge in [-0.25, -0.2) is 8.78 Å². The molecule has 3 nitrogen and oxygen atoms in total. The lowest BCUT2D eigenvalue weighted by atomic mass is 10.1. The molecular weight excluding hydrogens is 378 g/mol. The van der Waals surface area contributed by atoms with Gasteiger partial charge in [0.15, 0.2) is 4.75 Å². The summed E-state index contributed by atoms with van der Waals surface area (Å²) in [7, 11) is 0. The standard InChI is InChI=1S/C22H22F2N2OS/c1-22(2,28(25)27)11-10-19-12-17(20-13-18(23)8-9-21(20)24)15-26(19)14-16-6-4-3-5-7-16/h3-13,15H,14,25H2,1-2H3/b11-10-. The maximum Gasteiger partial charge on any atom is 0.157 e. The normalized spacial score (nSPS) is 13.2. The van der Waals surface area contributed by atoms with Crippen molar-refractivity contribution in [2.24, 2.45) is 5.14 Å². The minimum Gasteiger partial charge on any atom is -0.598 e. The summed E-state index contributed by atoms with van der Waals surface area (Å²) in [6.07, 6.45) is 5.37. The number of hydrogen-bond acceptors (Lipinski definition) is 2. The van der Waals surface area contributed by atoms with Gasteiger partial charge in [0, 0.05) is 40.9 Å². The molecule has 0 saturated carbocycles. The van der Waals surface area contributed by atoms with E-state index in [0.29, 0.717) is 12.1 Å². The van der Waals surface area contributed by atoms with Crippen LogP contribution in [0.3, 0.4) is 0 Å². The number of benzene rings is 2. The van der Waals surface area contributed by atoms with Crippen molar-refractivity contribution in [3.63, 3.8) is 0 Å². The molecule has 0 aliphatic rings. The molecule has 0 aliphatic carbocycles. The third-order valence-corrected chi connectivity index (χ3v) is 5.71. The Morgan fingerprint density at radius 1 is 1.11 bits per heavy atom. The number of halogens is 2. The molecule has 0 spiro atoms. The molecule has 0 aliphatic heterocycles. The predicted molar refractivity (Wildman–Crippen MR) is 111 cm³/mol. The average Bonchev–Trinajstić information content (AvgIpc) is 3.05. The lowest BCUT2D eigenvalue weighted by Crippen LogP contribution is -2.35. The second kappa shape index (κ2) is 8.31. The number of nitrogens with two attached hydrogens (primary N) is 1. The lowest BCUT2D eigenvalue weighted by molar-refractivity contribution is 0.573. The number of rotatable bonds is 6. The highest BCUT2D eigenvalue weighted by atomic mass is 32.2. The SMILES string of the molecule is CC(C)(/C=C\c1cc(-c2cc(F)ccc2F)cn1Cc1ccccc1)[S+](N)[O-]. The molecular formula is C22H22F2N2OS. The van der Waals surface area contributed by atoms with Gasteiger partial charge in [-0.05, 0) is 55.8 Å². The van der Waals surface area contributed by atoms with Crippen LogP contribution in [0.5, 0.6) is 0 Å². The van der Waals surface area contributed by atoms with E-state index in [9.17, 15) is 13.3 Å². The van der Waals surface area contributed by atoms with Gasteiger partial charge in [-0.1, -0.05) is 30.3 Å². The Labute approximate surface area is 166 Å². The van der Waals surface area contributed by atoms with Crippen molar-refractivity contribution in [2.75, 3.05) is 0 Å². The number of aromatic nitrogens is 1. The molecule has 0 bridgehead atoms. The Hall–Kier alpha value is -2.41. The van der Waals surface area contributed by atoms with Crippen LogP contribution in [0.25, 0.3) is 17.2 Å². The topological polar surface area (TPSA) is 54.0 Å². The summed E-state index contributed by atoms with van der Waals surface area (Å²) in [5.41, 5.74) is 2.61. The summed E-state index contributed by atoms with van der Waals surface area (Å²) in [6, 6.07) is 15.0. The molecule has 146 valence electrons. The van der Waals surface area contributed by atoms with Crippen LogP contribution in [-0.2, 0) is 17.9 Å². The highest BCUT2D eigenvalue weighted by Gasteiger charge is 2.26. The van der Waals surface area contributed by atoms with Gasteiger partial charge in [0.25, 0.3) is 0 Å². The molecule has 1 unspecified atom stereocenters. The van der Waals surface area contributed by atoms with Crippen LogP contribution in [-0.4, -0.2) is 13.9 Å². The van der Waals surface area contributed by atoms with Gasteiger partial charge in [-0.2, -0.15) is 5.14 Å². The second-order valence-electron chi connectivity index (χ2n) is 7.13. The van der Waals surface area contributed by atoms with Crippen molar-refractivity contribution < 1.29 is 13.3 Å². The van der Waals surface area contributed by atoms with Gasteiger partial charge in [-0.15, -0.1) is 0 Å². The van der Waals surface area contributed by atoms with Crippen molar-refractivity contribution >= 4 is 17.4 Å². The molecule has 1 atom stereocenters. The summed E-state index contributed by atoms with van der Waals surface area (Å²) in [5.74, 6) is -0.985. The van der Waals surface area contributed by atoms with Crippen LogP contribution in [0.1, 0.15) is 25.1 Å². The third-order valence-electron chi connectivity index (χ3n) is 4.54. The molecule has 3 rings (SSSR count). The first-order valence-corrected chi connectivity index (χ1v) is 10.0. The Balaban J connectivity index is 2.04. The minimum absolute atomic E-state index is 0.197. The van der Waals surface area contributed by atoms with E-state index >= 15 is 0 Å². The zero-order chi connectivity index (χ0) is 20.3. The summed E-state index contributed by atoms with van der Waals surface area (Å²) < 4.78 is 40.8. The van der Waals surface area contributed by atoms with Crippen LogP contribution in [0, 0.1) is 11.6 Å². The quantitative estimate of drug-likeness (QED) is 0.599. The van der Waals surface area contributed by atoms with Crippen LogP contribution in [0.15, 0.2) is 66.9 Å². The van der Waals surface area contributed by atoms with Crippen molar-refractivity contribution in [3.8, 4) is 11.1 Å². The van der Waals surface area contributed by atoms with Crippen LogP contribution < -0.4 is 5.14 Å². The fourth-order valence-corrected chi connectivity index (χ4v) is 3.00. The second-order valence-corrected chi connectivity index (χ2v) is 8.77. The first-order valence-electron chi connectivity index (χ1n) is 8.81. The zero-order valence-electron chi connectivity index (χ0n) is 15.7. The maximum atomic E-state index is 14.3. The summed E-state index contributed by atoms with van der Waals surface area (Å²) in [4.78, 5) is 0. The summed E-state index contributed by atoms with van der Waals surface area (Å²) in [6.45, 7) is 4.11. The van der Waals surface area contributed by atoms with Crippen molar-refractivity contribution in [2.45, 2.75) is 25.1 Å². The first-order chi connectivity index (χ1) is 13.3. The van der Waals surface area contributed by atoms with Gasteiger partial charge in [-0.3, -0.25) is 0 Å². The van der Waals surface area contributed by atoms with E-state index in [0.717, 1.165) is 23.4 Å². The molecule has 0 amide bonds. The van der Waals surface area contributed by atoms with Crippen LogP contribution in [0.2, 0.25) is 0 Å². The lowest BCUT2D eigenvalue weighted by Gasteiger charge is -2.20. The molecule has 2 aromatic carbocycles. The van der Waals surface area contributed by atoms with E-state index in [-0.39, 0.29) is 5.56 Å². The van der Waals surface area contributed by atoms with Gasteiger partial charge < -0.3 is 9.12 Å². The molecule has 2 N–H and O–H groups in total. The van der Waals surface area contributed by atoms with Crippen molar-refractivity contribution in [1.29, 1.82) is 0 Å². The molecule has 3 aromatic rings. The largest absolute Gasteiger partial charge is 0.598 e. The van der Waals surface area contributed by atoms with E-state index in [2.05, 4.69) is 0 Å². The van der Waals surface area contributed by atoms with Gasteiger partial charge >= 0.3 is 0 Å². The van der Waals surface area contributed by atoms with Crippen LogP contribution >= 0.6 is 0 Å². The van der Waals surface area contributed by atoms with E-state index in [1.165, 1.54) is 6.07 Å². The maximum absolute atomic E-state index is 14.3. The number of nitrogens with zero attached hydrogens (tertiary/aromatic N) is 1. The Morgan fingerprint density at radius 3 is 2.50 bits per heavy atom. The minimum atomic E-state index is -1.54. The number of hydrogen-bond donors (Lipinski definition) is 1. The average molecular weight is 400 g/mol. The highest BCUT2D eigenvalue weighted by Crippen LogP contribution is 2.28. The monoisotopic (exact) mass is 400 g/mol. The van der Waals surface area contributed by atoms with E-state index in [1.807, 2.05) is 41.0 Å². The van der Waals surface area contributed by atoms with E-state index in [4.69, 9.17) is 5.14 Å². The molecule has 0 fully saturated rings. The highest BCUT2D eigenvalue weighted by molar-refractivity contribution is 7.90. The third kappa shape index (κ3) is 4.70. The smallest absolute Gasteiger partial charge is 0.157 e. The Morgan fingerprint density at radius 2 is 1.82 bits per heavy atom. The fraction of sp³-hybridized carbons (Fsp3) is 0.182. The fourth-order valence-electron chi connectivity index (χ4n) is 2.80. The van der Waals surface area contributed by atoms with Crippen molar-refractivity contribution in [1.82, 2.24) is 4.57 Å². The summed E-state index contributed by atoms with van der Waals surface area (Å²) in [5, 5.41) is 5.55. The van der Waals surface area contributed by atoms with Gasteiger partial charge in [0.05, 0.1) is 0 Å². The van der Waals surface area contributed by atoms with E-state index in [1.54, 1.807) is 32.2 Å². The van der Waals surface area contributed by atoms with Crippen LogP contribution in [0.4, 0.5) is 8.78 Å². The molecule has 1 aromatic heterocycles.